The van der Waals surface area contributed by atoms with Crippen LogP contribution in [0.3, 0.4) is 0 Å². The molecule has 1 atom stereocenters. The molecule has 3 rings (SSSR count). The summed E-state index contributed by atoms with van der Waals surface area (Å²) in [6, 6.07) is 7.17. The second-order valence-electron chi connectivity index (χ2n) is 5.67. The Kier molecular flexibility index (Phi) is 5.82. The van der Waals surface area contributed by atoms with Crippen LogP contribution < -0.4 is 10.2 Å². The summed E-state index contributed by atoms with van der Waals surface area (Å²) in [5.74, 6) is 0.665. The minimum absolute atomic E-state index is 0.131. The highest BCUT2D eigenvalue weighted by atomic mass is 35.5. The fourth-order valence-electron chi connectivity index (χ4n) is 2.46. The van der Waals surface area contributed by atoms with E-state index in [-0.39, 0.29) is 11.2 Å². The van der Waals surface area contributed by atoms with Crippen molar-refractivity contribution >= 4 is 40.9 Å². The van der Waals surface area contributed by atoms with Crippen LogP contribution in [0.25, 0.3) is 0 Å². The minimum atomic E-state index is -0.336. The summed E-state index contributed by atoms with van der Waals surface area (Å²) in [7, 11) is 1.91. The third kappa shape index (κ3) is 4.26. The van der Waals surface area contributed by atoms with Gasteiger partial charge in [0.05, 0.1) is 29.2 Å². The van der Waals surface area contributed by atoms with Gasteiger partial charge >= 0.3 is 0 Å². The van der Waals surface area contributed by atoms with Gasteiger partial charge in [-0.05, 0) is 19.1 Å². The first-order valence-corrected chi connectivity index (χ1v) is 9.26. The van der Waals surface area contributed by atoms with Crippen molar-refractivity contribution in [3.63, 3.8) is 0 Å². The van der Waals surface area contributed by atoms with E-state index in [0.29, 0.717) is 29.1 Å². The molecular weight excluding hydrogens is 362 g/mol. The van der Waals surface area contributed by atoms with Gasteiger partial charge in [0.2, 0.25) is 11.9 Å². The summed E-state index contributed by atoms with van der Waals surface area (Å²) in [5.41, 5.74) is 0.605. The van der Waals surface area contributed by atoms with Crippen LogP contribution in [0.1, 0.15) is 6.92 Å². The number of para-hydroxylation sites is 1. The van der Waals surface area contributed by atoms with E-state index in [1.54, 1.807) is 12.1 Å². The Bertz CT molecular complexity index is 748. The summed E-state index contributed by atoms with van der Waals surface area (Å²) in [6.07, 6.45) is 0. The Balaban J connectivity index is 1.64. The Hall–Kier alpha value is -1.77. The van der Waals surface area contributed by atoms with E-state index in [9.17, 15) is 4.79 Å². The zero-order chi connectivity index (χ0) is 17.8. The Morgan fingerprint density at radius 1 is 1.32 bits per heavy atom. The molecule has 2 heterocycles. The molecule has 1 aromatic heterocycles. The van der Waals surface area contributed by atoms with Crippen molar-refractivity contribution < 1.29 is 9.53 Å². The zero-order valence-corrected chi connectivity index (χ0v) is 15.7. The van der Waals surface area contributed by atoms with E-state index in [0.717, 1.165) is 19.0 Å². The smallest absolute Gasteiger partial charge is 0.237 e. The van der Waals surface area contributed by atoms with Crippen molar-refractivity contribution in [3.8, 4) is 0 Å². The van der Waals surface area contributed by atoms with Crippen molar-refractivity contribution in [3.05, 3.63) is 29.3 Å². The average Bonchev–Trinajstić information content (AvgIpc) is 2.98. The fraction of sp³-hybridized carbons (Fsp3) is 0.438. The number of rotatable bonds is 5. The molecule has 1 unspecified atom stereocenters. The Morgan fingerprint density at radius 2 is 2.04 bits per heavy atom. The summed E-state index contributed by atoms with van der Waals surface area (Å²) in [4.78, 5) is 14.5. The summed E-state index contributed by atoms with van der Waals surface area (Å²) in [5, 5.41) is 12.2. The molecule has 0 saturated carbocycles. The van der Waals surface area contributed by atoms with Crippen molar-refractivity contribution in [2.24, 2.45) is 7.05 Å². The molecule has 0 radical (unpaired) electrons. The molecule has 7 nitrogen and oxygen atoms in total. The van der Waals surface area contributed by atoms with E-state index < -0.39 is 0 Å². The summed E-state index contributed by atoms with van der Waals surface area (Å²) >= 11 is 7.45. The van der Waals surface area contributed by atoms with Crippen LogP contribution in [0.15, 0.2) is 29.4 Å². The maximum atomic E-state index is 12.4. The molecule has 0 spiro atoms. The van der Waals surface area contributed by atoms with Gasteiger partial charge in [-0.3, -0.25) is 9.36 Å². The number of aromatic nitrogens is 3. The molecule has 1 amide bonds. The molecule has 2 aromatic rings. The molecule has 1 N–H and O–H groups in total. The lowest BCUT2D eigenvalue weighted by Gasteiger charge is -2.27. The van der Waals surface area contributed by atoms with Crippen LogP contribution in [0.5, 0.6) is 0 Å². The molecule has 1 fully saturated rings. The number of carbonyl (C=O) groups excluding carboxylic acids is 1. The predicted octanol–water partition coefficient (Wildman–Crippen LogP) is 2.42. The molecule has 1 aliphatic rings. The maximum absolute atomic E-state index is 12.4. The SMILES string of the molecule is CC(Sc1nnc(N2CCOCC2)n1C)C(=O)Nc1ccccc1Cl. The Morgan fingerprint density at radius 3 is 2.76 bits per heavy atom. The second-order valence-corrected chi connectivity index (χ2v) is 7.39. The number of nitrogens with zero attached hydrogens (tertiary/aromatic N) is 4. The number of amides is 1. The standard InChI is InChI=1S/C16H20ClN5O2S/c1-11(14(23)18-13-6-4-3-5-12(13)17)25-16-20-19-15(21(16)2)22-7-9-24-10-8-22/h3-6,11H,7-10H2,1-2H3,(H,18,23). The van der Waals surface area contributed by atoms with E-state index >= 15 is 0 Å². The van der Waals surface area contributed by atoms with Gasteiger partial charge in [0, 0.05) is 20.1 Å². The number of morpholine rings is 1. The lowest BCUT2D eigenvalue weighted by molar-refractivity contribution is -0.115. The number of hydrogen-bond donors (Lipinski definition) is 1. The highest BCUT2D eigenvalue weighted by Crippen LogP contribution is 2.27. The molecule has 134 valence electrons. The molecule has 1 aliphatic heterocycles. The quantitative estimate of drug-likeness (QED) is 0.802. The topological polar surface area (TPSA) is 72.3 Å². The number of thioether (sulfide) groups is 1. The largest absolute Gasteiger partial charge is 0.378 e. The molecule has 25 heavy (non-hydrogen) atoms. The van der Waals surface area contributed by atoms with Crippen LogP contribution in [0, 0.1) is 0 Å². The van der Waals surface area contributed by atoms with Gasteiger partial charge in [-0.15, -0.1) is 10.2 Å². The zero-order valence-electron chi connectivity index (χ0n) is 14.1. The van der Waals surface area contributed by atoms with Crippen molar-refractivity contribution in [2.75, 3.05) is 36.5 Å². The van der Waals surface area contributed by atoms with E-state index in [1.165, 1.54) is 11.8 Å². The summed E-state index contributed by atoms with van der Waals surface area (Å²) in [6.45, 7) is 4.79. The molecule has 1 saturated heterocycles. The first kappa shape index (κ1) is 18.0. The first-order chi connectivity index (χ1) is 12.1. The number of ether oxygens (including phenoxy) is 1. The number of halogens is 1. The van der Waals surface area contributed by atoms with E-state index in [2.05, 4.69) is 20.4 Å². The van der Waals surface area contributed by atoms with Gasteiger partial charge < -0.3 is 15.0 Å². The van der Waals surface area contributed by atoms with Gasteiger partial charge in [0.15, 0.2) is 5.16 Å². The van der Waals surface area contributed by atoms with Gasteiger partial charge in [0.25, 0.3) is 0 Å². The van der Waals surface area contributed by atoms with Gasteiger partial charge in [0.1, 0.15) is 0 Å². The lowest BCUT2D eigenvalue weighted by Crippen LogP contribution is -2.37. The lowest BCUT2D eigenvalue weighted by atomic mass is 10.3. The second kappa shape index (κ2) is 8.07. The van der Waals surface area contributed by atoms with Crippen molar-refractivity contribution in [2.45, 2.75) is 17.3 Å². The van der Waals surface area contributed by atoms with Crippen LogP contribution in [0.4, 0.5) is 11.6 Å². The third-order valence-electron chi connectivity index (χ3n) is 3.89. The minimum Gasteiger partial charge on any atom is -0.378 e. The van der Waals surface area contributed by atoms with Crippen molar-refractivity contribution in [1.29, 1.82) is 0 Å². The number of nitrogens with one attached hydrogen (secondary N) is 1. The average molecular weight is 382 g/mol. The number of carbonyl (C=O) groups is 1. The van der Waals surface area contributed by atoms with Crippen LogP contribution in [-0.4, -0.2) is 52.2 Å². The Labute approximate surface area is 155 Å². The monoisotopic (exact) mass is 381 g/mol. The van der Waals surface area contributed by atoms with Gasteiger partial charge in [-0.2, -0.15) is 0 Å². The third-order valence-corrected chi connectivity index (χ3v) is 5.35. The molecule has 0 aliphatic carbocycles. The molecule has 1 aromatic carbocycles. The highest BCUT2D eigenvalue weighted by molar-refractivity contribution is 8.00. The molecular formula is C16H20ClN5O2S. The molecule has 0 bridgehead atoms. The number of anilines is 2. The fourth-order valence-corrected chi connectivity index (χ4v) is 3.45. The molecule has 9 heteroatoms. The van der Waals surface area contributed by atoms with Crippen LogP contribution >= 0.6 is 23.4 Å². The van der Waals surface area contributed by atoms with Gasteiger partial charge in [-0.25, -0.2) is 0 Å². The predicted molar refractivity (Wildman–Crippen MR) is 99.4 cm³/mol. The van der Waals surface area contributed by atoms with Crippen LogP contribution in [-0.2, 0) is 16.6 Å². The maximum Gasteiger partial charge on any atom is 0.237 e. The number of hydrogen-bond acceptors (Lipinski definition) is 6. The van der Waals surface area contributed by atoms with Gasteiger partial charge in [-0.1, -0.05) is 35.5 Å². The van der Waals surface area contributed by atoms with E-state index in [4.69, 9.17) is 16.3 Å². The number of benzene rings is 1. The van der Waals surface area contributed by atoms with Crippen LogP contribution in [0.2, 0.25) is 5.02 Å². The normalized spacial score (nSPS) is 15.9. The highest BCUT2D eigenvalue weighted by Gasteiger charge is 2.22. The van der Waals surface area contributed by atoms with E-state index in [1.807, 2.05) is 30.7 Å². The summed E-state index contributed by atoms with van der Waals surface area (Å²) < 4.78 is 7.27. The first-order valence-electron chi connectivity index (χ1n) is 8.00. The van der Waals surface area contributed by atoms with Crippen molar-refractivity contribution in [1.82, 2.24) is 14.8 Å².